The van der Waals surface area contributed by atoms with E-state index in [0.29, 0.717) is 82.7 Å². The molecule has 5 aromatic rings. The number of ether oxygens (including phenoxy) is 7. The molecule has 0 spiro atoms. The lowest BCUT2D eigenvalue weighted by atomic mass is 9.89. The summed E-state index contributed by atoms with van der Waals surface area (Å²) < 4.78 is 42.6. The topological polar surface area (TPSA) is 484 Å². The highest BCUT2D eigenvalue weighted by Crippen LogP contribution is 2.34. The number of rotatable bonds is 49. The summed E-state index contributed by atoms with van der Waals surface area (Å²) in [5.41, 5.74) is 6.19. The fourth-order valence-corrected chi connectivity index (χ4v) is 16.7. The molecule has 38 heteroatoms. The normalized spacial score (nSPS) is 19.7. The number of carbonyl (C=O) groups is 11. The smallest absolute Gasteiger partial charge is 0.410 e. The Bertz CT molecular complexity index is 4580. The van der Waals surface area contributed by atoms with Crippen LogP contribution >= 0.6 is 0 Å². The summed E-state index contributed by atoms with van der Waals surface area (Å²) in [7, 11) is 9.84. The lowest BCUT2D eigenvalue weighted by Gasteiger charge is -2.41. The average Bonchev–Trinajstić information content (AvgIpc) is 1.72. The predicted molar refractivity (Wildman–Crippen MR) is 486 cm³/mol. The van der Waals surface area contributed by atoms with Gasteiger partial charge >= 0.3 is 12.1 Å². The van der Waals surface area contributed by atoms with Crippen molar-refractivity contribution in [2.24, 2.45) is 29.6 Å². The summed E-state index contributed by atoms with van der Waals surface area (Å²) in [6.07, 6.45) is -8.34. The van der Waals surface area contributed by atoms with E-state index in [1.807, 2.05) is 68.2 Å². The van der Waals surface area contributed by atoms with E-state index in [4.69, 9.17) is 33.2 Å². The molecular formula is C93H139N15O23. The van der Waals surface area contributed by atoms with E-state index in [1.54, 1.807) is 97.8 Å². The van der Waals surface area contributed by atoms with Gasteiger partial charge in [0, 0.05) is 115 Å². The molecule has 0 aliphatic carbocycles. The van der Waals surface area contributed by atoms with E-state index < -0.39 is 168 Å². The number of pyridine rings is 1. The second-order valence-corrected chi connectivity index (χ2v) is 35.2. The number of amides is 10. The van der Waals surface area contributed by atoms with E-state index in [1.165, 1.54) is 63.4 Å². The van der Waals surface area contributed by atoms with Gasteiger partial charge in [0.25, 0.3) is 5.91 Å². The lowest BCUT2D eigenvalue weighted by molar-refractivity contribution is -0.271. The van der Waals surface area contributed by atoms with Crippen LogP contribution in [0.15, 0.2) is 97.2 Å². The third-order valence-electron chi connectivity index (χ3n) is 24.7. The number of nitrogens with zero attached hydrogens (tertiary/aromatic N) is 7. The van der Waals surface area contributed by atoms with Gasteiger partial charge in [0.15, 0.2) is 6.10 Å². The van der Waals surface area contributed by atoms with E-state index in [-0.39, 0.29) is 85.9 Å². The first-order valence-corrected chi connectivity index (χ1v) is 45.2. The highest BCUT2D eigenvalue weighted by Gasteiger charge is 2.50. The molecule has 17 atom stereocenters. The maximum atomic E-state index is 14.9. The number of fused-ring (bicyclic) bond motifs is 1. The van der Waals surface area contributed by atoms with Crippen LogP contribution in [0.5, 0.6) is 5.75 Å². The molecule has 0 bridgehead atoms. The van der Waals surface area contributed by atoms with Gasteiger partial charge in [0.1, 0.15) is 60.5 Å². The van der Waals surface area contributed by atoms with Crippen LogP contribution in [0.25, 0.3) is 11.0 Å². The maximum Gasteiger partial charge on any atom is 0.410 e. The number of benzene rings is 3. The van der Waals surface area contributed by atoms with Crippen LogP contribution in [0.4, 0.5) is 16.2 Å². The number of aliphatic hydroxyl groups is 4. The number of anilines is 2. The molecule has 13 N–H and O–H groups in total. The largest absolute Gasteiger partial charge is 0.479 e. The third kappa shape index (κ3) is 29.3. The molecule has 8 rings (SSSR count). The van der Waals surface area contributed by atoms with E-state index >= 15 is 0 Å². The quantitative estimate of drug-likeness (QED) is 0.0185. The van der Waals surface area contributed by atoms with E-state index in [2.05, 4.69) is 58.3 Å². The number of likely N-dealkylation sites (N-methyl/N-ethyl adjacent to an activating group) is 2. The van der Waals surface area contributed by atoms with Gasteiger partial charge in [-0.05, 0) is 124 Å². The summed E-state index contributed by atoms with van der Waals surface area (Å²) in [5.74, 6) is -9.12. The zero-order valence-corrected chi connectivity index (χ0v) is 78.5. The number of hydrazine groups is 1. The summed E-state index contributed by atoms with van der Waals surface area (Å²) in [6, 6.07) is 18.7. The monoisotopic (exact) mass is 1830 g/mol. The summed E-state index contributed by atoms with van der Waals surface area (Å²) in [4.78, 5) is 163. The number of hydrogen-bond donors (Lipinski definition) is 13. The molecule has 3 aromatic carbocycles. The van der Waals surface area contributed by atoms with E-state index in [9.17, 15) is 78.3 Å². The standard InChI is InChI=1S/C93H139N15O23/c1-18-56(8)77(70(125-16)50-73(111)108-40-23-27-68(108)82(126-17)57(9)85(116)97-58(10)78(112)61-24-20-19-21-25-61)104(14)90(121)75(54(4)5)102-89(120)76(55(6)7)105(15)93(124)129-52-60-28-30-64(31-29-60)100-86(117)59(11)98-88(119)74(53(2)3)101-87(118)67-33-32-65(49-69(67)130-92-81(115)79(113)80(114)83(131-92)91(122)123)99-71(109)37-44-127-46-47-128-45-39-95-63-34-41-106(42-35-63)72(110)36-43-107-66(51-103(13)94-12)48-62-26-22-38-96-84(62)107/h19-22,24-26,28-33,38,48-49,53-59,63,68,70,74-83,92,94-95,112-115H,18,23,27,34-37,39-47,50-52H2,1-17H3,(H,97,116)(H,98,119)(H,99,109)(H,100,117)(H,101,118)(H,102,120)(H,122,123)/t56-,57+,58+,59-,68-,70+,74-,75-,76-,77-,78+,79-,80-,81+,82+,83-,92+/m0/s1. The Kier molecular flexibility index (Phi) is 41.3. The fourth-order valence-electron chi connectivity index (χ4n) is 16.7. The van der Waals surface area contributed by atoms with Gasteiger partial charge in [-0.2, -0.15) is 0 Å². The number of aliphatic hydroxyl groups excluding tert-OH is 4. The van der Waals surface area contributed by atoms with Crippen LogP contribution in [0.2, 0.25) is 0 Å². The number of aryl methyl sites for hydroxylation is 1. The number of nitrogens with one attached hydrogen (secondary N) is 8. The average molecular weight is 1840 g/mol. The molecule has 131 heavy (non-hydrogen) atoms. The number of carbonyl (C=O) groups excluding carboxylic acids is 10. The van der Waals surface area contributed by atoms with Crippen LogP contribution in [0.1, 0.15) is 161 Å². The van der Waals surface area contributed by atoms with Gasteiger partial charge in [0.2, 0.25) is 53.5 Å². The van der Waals surface area contributed by atoms with Crippen molar-refractivity contribution < 1.29 is 111 Å². The van der Waals surface area contributed by atoms with Crippen LogP contribution in [-0.4, -0.2) is 311 Å². The first kappa shape index (κ1) is 106. The van der Waals surface area contributed by atoms with Crippen molar-refractivity contribution in [3.8, 4) is 5.75 Å². The Labute approximate surface area is 766 Å². The molecular weight excluding hydrogens is 1700 g/mol. The number of methoxy groups -OCH3 is 2. The number of likely N-dealkylation sites (tertiary alicyclic amines) is 2. The predicted octanol–water partition coefficient (Wildman–Crippen LogP) is 4.70. The SMILES string of the molecule is CC[C@H](C)[C@@H]([C@@H](CC(=O)N1CCC[C@H]1[C@H](OC)[C@@H](C)C(=O)N[C@H](C)[C@@H](O)c1ccccc1)OC)N(C)C(=O)[C@@H](NC(=O)[C@H](C(C)C)N(C)C(=O)OCc1ccc(NC(=O)[C@H](C)NC(=O)[C@@H](NC(=O)c2ccc(NC(=O)CCOCCOCCNC3CCN(C(=O)CCn4c(CN(C)NC)cc5cccnc54)CC3)cc2O[C@@H]2O[C@H](C(=O)O)[C@@H](O)[C@H](O)[C@H]2O)C(C)C)cc1)C(C)C. The minimum Gasteiger partial charge on any atom is -0.479 e. The van der Waals surface area contributed by atoms with Crippen molar-refractivity contribution in [3.63, 3.8) is 0 Å². The van der Waals surface area contributed by atoms with Crippen LogP contribution < -0.4 is 47.4 Å². The molecule has 3 aliphatic heterocycles. The maximum absolute atomic E-state index is 14.9. The Morgan fingerprint density at radius 2 is 1.33 bits per heavy atom. The molecule has 0 radical (unpaired) electrons. The molecule has 3 fully saturated rings. The van der Waals surface area contributed by atoms with Gasteiger partial charge in [-0.3, -0.25) is 53.5 Å². The van der Waals surface area contributed by atoms with Crippen molar-refractivity contribution in [1.82, 2.24) is 66.2 Å². The molecule has 0 saturated carbocycles. The Morgan fingerprint density at radius 3 is 1.96 bits per heavy atom. The van der Waals surface area contributed by atoms with Crippen molar-refractivity contribution in [2.45, 2.75) is 245 Å². The first-order valence-electron chi connectivity index (χ1n) is 45.2. The third-order valence-corrected chi connectivity index (χ3v) is 24.7. The van der Waals surface area contributed by atoms with Crippen LogP contribution in [0, 0.1) is 29.6 Å². The molecule has 0 unspecified atom stereocenters. The molecule has 724 valence electrons. The number of piperidine rings is 1. The second-order valence-electron chi connectivity index (χ2n) is 35.2. The van der Waals surface area contributed by atoms with Crippen molar-refractivity contribution in [3.05, 3.63) is 120 Å². The molecule has 2 aromatic heterocycles. The van der Waals surface area contributed by atoms with Gasteiger partial charge in [-0.1, -0.05) is 111 Å². The molecule has 3 aliphatic rings. The van der Waals surface area contributed by atoms with Gasteiger partial charge < -0.3 is 115 Å². The number of carboxylic acid groups (broad SMARTS) is 1. The van der Waals surface area contributed by atoms with Crippen LogP contribution in [-0.2, 0) is 91.3 Å². The van der Waals surface area contributed by atoms with Crippen molar-refractivity contribution >= 4 is 87.6 Å². The Morgan fingerprint density at radius 1 is 0.656 bits per heavy atom. The summed E-state index contributed by atoms with van der Waals surface area (Å²) in [6.45, 7) is 23.1. The number of hydrogen-bond acceptors (Lipinski definition) is 26. The number of aromatic nitrogens is 2. The van der Waals surface area contributed by atoms with Crippen molar-refractivity contribution in [1.29, 1.82) is 0 Å². The Hall–Kier alpha value is -10.4. The fraction of sp³-hybridized carbons (Fsp3) is 0.613. The number of aliphatic carboxylic acids is 1. The minimum atomic E-state index is -2.09. The van der Waals surface area contributed by atoms with Crippen LogP contribution in [0.3, 0.4) is 0 Å². The molecule has 3 saturated heterocycles. The number of carboxylic acids is 1. The minimum absolute atomic E-state index is 0.0162. The lowest BCUT2D eigenvalue weighted by Crippen LogP contribution is -2.61. The molecule has 5 heterocycles. The zero-order chi connectivity index (χ0) is 96.2. The second kappa shape index (κ2) is 51.0. The first-order chi connectivity index (χ1) is 62.3. The summed E-state index contributed by atoms with van der Waals surface area (Å²) in [5, 5.41) is 75.9. The molecule has 38 nitrogen and oxygen atoms in total. The van der Waals surface area contributed by atoms with Gasteiger partial charge in [0.05, 0.1) is 93.7 Å². The summed E-state index contributed by atoms with van der Waals surface area (Å²) >= 11 is 0. The highest BCUT2D eigenvalue weighted by molar-refractivity contribution is 6.02. The van der Waals surface area contributed by atoms with E-state index in [0.717, 1.165) is 34.5 Å². The Balaban J connectivity index is 0.786. The highest BCUT2D eigenvalue weighted by atomic mass is 16.7. The van der Waals surface area contributed by atoms with Gasteiger partial charge in [-0.15, -0.1) is 0 Å². The van der Waals surface area contributed by atoms with Gasteiger partial charge in [-0.25, -0.2) is 19.6 Å². The molecule has 10 amide bonds. The van der Waals surface area contributed by atoms with Crippen molar-refractivity contribution in [2.75, 3.05) is 106 Å². The zero-order valence-electron chi connectivity index (χ0n) is 78.5.